The average Bonchev–Trinajstić information content (AvgIpc) is 2.80. The molecule has 2 aliphatic heterocycles. The zero-order chi connectivity index (χ0) is 13.3. The first-order chi connectivity index (χ1) is 7.93. The fourth-order valence-corrected chi connectivity index (χ4v) is 1.35. The summed E-state index contributed by atoms with van der Waals surface area (Å²) in [4.78, 5) is 22.4. The lowest BCUT2D eigenvalue weighted by molar-refractivity contribution is -0.126. The Kier molecular flexibility index (Phi) is 8.89. The highest BCUT2D eigenvalue weighted by atomic mass is 32.2. The molecule has 0 unspecified atom stereocenters. The Morgan fingerprint density at radius 3 is 1.94 bits per heavy atom. The lowest BCUT2D eigenvalue weighted by atomic mass is 10.4. The minimum absolute atomic E-state index is 0.204. The molecule has 0 spiro atoms. The summed E-state index contributed by atoms with van der Waals surface area (Å²) in [5.74, 6) is 0.495. The summed E-state index contributed by atoms with van der Waals surface area (Å²) < 4.78 is 9.56. The van der Waals surface area contributed by atoms with E-state index in [0.717, 1.165) is 38.8 Å². The van der Waals surface area contributed by atoms with Crippen molar-refractivity contribution >= 4 is 23.0 Å². The van der Waals surface area contributed by atoms with Gasteiger partial charge in [-0.05, 0) is 12.8 Å². The van der Waals surface area contributed by atoms with Crippen LogP contribution in [0.4, 0.5) is 0 Å². The fourth-order valence-electron chi connectivity index (χ4n) is 1.35. The molecule has 0 aromatic rings. The van der Waals surface area contributed by atoms with Crippen molar-refractivity contribution in [2.75, 3.05) is 32.6 Å². The van der Waals surface area contributed by atoms with E-state index in [4.69, 9.17) is 0 Å². The standard InChI is InChI=1S/C5H9NO.C4H7NO.C2H6OS/c1-6-4-2-3-5(6)7;6-4-2-1-3-5-4;1-4(2)3/h2-4H2,1H3;1-3H2,(H,5,6);1-2H3. The van der Waals surface area contributed by atoms with Crippen LogP contribution in [0.3, 0.4) is 0 Å². The smallest absolute Gasteiger partial charge is 0.222 e. The lowest BCUT2D eigenvalue weighted by Gasteiger charge is -2.03. The Hall–Kier alpha value is -0.750. The predicted molar refractivity (Wildman–Crippen MR) is 69.1 cm³/mol. The molecule has 0 atom stereocenters. The zero-order valence-corrected chi connectivity index (χ0v) is 11.6. The van der Waals surface area contributed by atoms with Crippen molar-refractivity contribution in [1.82, 2.24) is 10.2 Å². The van der Waals surface area contributed by atoms with E-state index in [1.54, 1.807) is 17.4 Å². The molecule has 0 aliphatic carbocycles. The second-order valence-electron chi connectivity index (χ2n) is 4.11. The van der Waals surface area contributed by atoms with Crippen LogP contribution in [-0.4, -0.2) is 53.9 Å². The summed E-state index contributed by atoms with van der Waals surface area (Å²) in [6.07, 6.45) is 6.85. The Labute approximate surface area is 106 Å². The monoisotopic (exact) mass is 262 g/mol. The molecule has 0 bridgehead atoms. The van der Waals surface area contributed by atoms with Crippen molar-refractivity contribution < 1.29 is 14.1 Å². The molecule has 2 rings (SSSR count). The number of carbonyl (C=O) groups excluding carboxylic acids is 2. The number of rotatable bonds is 0. The van der Waals surface area contributed by atoms with E-state index >= 15 is 0 Å². The van der Waals surface area contributed by atoms with Gasteiger partial charge in [-0.15, -0.1) is 0 Å². The summed E-state index contributed by atoms with van der Waals surface area (Å²) in [6.45, 7) is 1.84. The van der Waals surface area contributed by atoms with Crippen molar-refractivity contribution in [2.45, 2.75) is 25.7 Å². The predicted octanol–water partition coefficient (Wildman–Crippen LogP) is 0.130. The first-order valence-electron chi connectivity index (χ1n) is 5.69. The molecule has 6 heteroatoms. The maximum atomic E-state index is 10.5. The first-order valence-corrected chi connectivity index (χ1v) is 7.66. The minimum Gasteiger partial charge on any atom is -0.617 e. The van der Waals surface area contributed by atoms with Gasteiger partial charge in [0.05, 0.1) is 12.5 Å². The fraction of sp³-hybridized carbons (Fsp3) is 0.818. The van der Waals surface area contributed by atoms with Gasteiger partial charge >= 0.3 is 0 Å². The third kappa shape index (κ3) is 10.1. The highest BCUT2D eigenvalue weighted by Crippen LogP contribution is 2.04. The maximum absolute atomic E-state index is 10.5. The van der Waals surface area contributed by atoms with Crippen LogP contribution in [-0.2, 0) is 20.8 Å². The number of nitrogens with zero attached hydrogens (tertiary/aromatic N) is 1. The zero-order valence-electron chi connectivity index (χ0n) is 10.8. The van der Waals surface area contributed by atoms with E-state index in [2.05, 4.69) is 5.32 Å². The molecular formula is C11H22N2O3S. The van der Waals surface area contributed by atoms with E-state index in [9.17, 15) is 14.1 Å². The Morgan fingerprint density at radius 2 is 1.82 bits per heavy atom. The summed E-state index contributed by atoms with van der Waals surface area (Å²) >= 11 is -0.611. The van der Waals surface area contributed by atoms with Gasteiger partial charge in [0, 0.05) is 33.0 Å². The SMILES string of the molecule is CN1CCCC1=O.C[S+](C)[O-].O=C1CCCN1. The van der Waals surface area contributed by atoms with Crippen molar-refractivity contribution in [2.24, 2.45) is 0 Å². The molecule has 17 heavy (non-hydrogen) atoms. The number of hydrogen-bond donors (Lipinski definition) is 1. The van der Waals surface area contributed by atoms with E-state index in [-0.39, 0.29) is 5.91 Å². The molecule has 1 N–H and O–H groups in total. The van der Waals surface area contributed by atoms with E-state index in [0.29, 0.717) is 5.91 Å². The molecule has 2 fully saturated rings. The van der Waals surface area contributed by atoms with Crippen LogP contribution < -0.4 is 5.32 Å². The van der Waals surface area contributed by atoms with Crippen molar-refractivity contribution in [3.05, 3.63) is 0 Å². The van der Waals surface area contributed by atoms with Crippen LogP contribution in [0.15, 0.2) is 0 Å². The van der Waals surface area contributed by atoms with Gasteiger partial charge in [0.2, 0.25) is 11.8 Å². The number of hydrogen-bond acceptors (Lipinski definition) is 3. The van der Waals surface area contributed by atoms with Gasteiger partial charge in [-0.25, -0.2) is 0 Å². The number of amides is 2. The van der Waals surface area contributed by atoms with Crippen LogP contribution in [0.5, 0.6) is 0 Å². The molecule has 2 amide bonds. The van der Waals surface area contributed by atoms with Crippen molar-refractivity contribution in [3.63, 3.8) is 0 Å². The van der Waals surface area contributed by atoms with E-state index in [1.807, 2.05) is 7.05 Å². The highest BCUT2D eigenvalue weighted by molar-refractivity contribution is 7.89. The number of nitrogens with one attached hydrogen (secondary N) is 1. The Balaban J connectivity index is 0.000000236. The Bertz CT molecular complexity index is 236. The van der Waals surface area contributed by atoms with Crippen LogP contribution >= 0.6 is 0 Å². The van der Waals surface area contributed by atoms with Gasteiger partial charge in [-0.1, -0.05) is 11.2 Å². The quantitative estimate of drug-likeness (QED) is 0.631. The Morgan fingerprint density at radius 1 is 1.24 bits per heavy atom. The molecule has 5 nitrogen and oxygen atoms in total. The van der Waals surface area contributed by atoms with Gasteiger partial charge in [-0.2, -0.15) is 0 Å². The molecular weight excluding hydrogens is 240 g/mol. The van der Waals surface area contributed by atoms with Crippen molar-refractivity contribution in [1.29, 1.82) is 0 Å². The summed E-state index contributed by atoms with van der Waals surface area (Å²) in [6, 6.07) is 0. The second kappa shape index (κ2) is 9.30. The van der Waals surface area contributed by atoms with Gasteiger partial charge in [0.25, 0.3) is 0 Å². The van der Waals surface area contributed by atoms with E-state index in [1.165, 1.54) is 0 Å². The average molecular weight is 262 g/mol. The van der Waals surface area contributed by atoms with Crippen LogP contribution in [0.2, 0.25) is 0 Å². The first kappa shape index (κ1) is 16.2. The normalized spacial score (nSPS) is 18.3. The molecule has 0 saturated carbocycles. The molecule has 0 aromatic heterocycles. The molecule has 100 valence electrons. The third-order valence-corrected chi connectivity index (χ3v) is 2.21. The van der Waals surface area contributed by atoms with Crippen LogP contribution in [0.1, 0.15) is 25.7 Å². The van der Waals surface area contributed by atoms with Gasteiger partial charge in [-0.3, -0.25) is 9.59 Å². The summed E-state index contributed by atoms with van der Waals surface area (Å²) in [5, 5.41) is 2.68. The van der Waals surface area contributed by atoms with Crippen molar-refractivity contribution in [3.8, 4) is 0 Å². The molecule has 0 aromatic carbocycles. The topological polar surface area (TPSA) is 72.5 Å². The van der Waals surface area contributed by atoms with Crippen LogP contribution in [0.25, 0.3) is 0 Å². The summed E-state index contributed by atoms with van der Waals surface area (Å²) in [5.41, 5.74) is 0. The largest absolute Gasteiger partial charge is 0.617 e. The highest BCUT2D eigenvalue weighted by Gasteiger charge is 2.14. The van der Waals surface area contributed by atoms with Gasteiger partial charge < -0.3 is 14.8 Å². The second-order valence-corrected chi connectivity index (χ2v) is 5.60. The van der Waals surface area contributed by atoms with Gasteiger partial charge in [0.15, 0.2) is 0 Å². The summed E-state index contributed by atoms with van der Waals surface area (Å²) in [7, 11) is 1.84. The number of likely N-dealkylation sites (tertiary alicyclic amines) is 1. The number of carbonyl (C=O) groups is 2. The lowest BCUT2D eigenvalue weighted by Crippen LogP contribution is -2.17. The molecule has 2 saturated heterocycles. The molecule has 2 heterocycles. The van der Waals surface area contributed by atoms with Crippen LogP contribution in [0, 0.1) is 0 Å². The van der Waals surface area contributed by atoms with E-state index < -0.39 is 11.2 Å². The molecule has 2 aliphatic rings. The van der Waals surface area contributed by atoms with Gasteiger partial charge in [0.1, 0.15) is 0 Å². The third-order valence-electron chi connectivity index (χ3n) is 2.21. The minimum atomic E-state index is -0.611. The molecule has 0 radical (unpaired) electrons. The maximum Gasteiger partial charge on any atom is 0.222 e.